The minimum Gasteiger partial charge on any atom is -0.201 e. The monoisotopic (exact) mass is 141 g/mol. The van der Waals surface area contributed by atoms with Crippen LogP contribution < -0.4 is 0 Å². The topological polar surface area (TPSA) is 12.9 Å². The maximum atomic E-state index is 4.02. The summed E-state index contributed by atoms with van der Waals surface area (Å²) >= 11 is 1.53. The minimum absolute atomic E-state index is 0.751. The molecule has 0 atom stereocenters. The smallest absolute Gasteiger partial charge is 0.0439 e. The van der Waals surface area contributed by atoms with Gasteiger partial charge in [0.05, 0.1) is 0 Å². The van der Waals surface area contributed by atoms with E-state index in [1.54, 1.807) is 0 Å². The Hall–Kier alpha value is -0.370. The molecule has 50 valence electrons. The highest BCUT2D eigenvalue weighted by molar-refractivity contribution is 7.03. The van der Waals surface area contributed by atoms with Crippen LogP contribution in [0, 0.1) is 5.92 Å². The Morgan fingerprint density at radius 1 is 1.67 bits per heavy atom. The number of aromatic nitrogens is 1. The minimum atomic E-state index is 0.751. The zero-order valence-electron chi connectivity index (χ0n) is 5.79. The van der Waals surface area contributed by atoms with E-state index in [4.69, 9.17) is 0 Å². The molecule has 1 rings (SSSR count). The average Bonchev–Trinajstić information content (AvgIpc) is 2.15. The van der Waals surface area contributed by atoms with Crippen LogP contribution in [0.2, 0.25) is 0 Å². The summed E-state index contributed by atoms with van der Waals surface area (Å²) in [6.07, 6.45) is 3.11. The standard InChI is InChI=1S/C7H11NS/c1-6(2)3-7-4-8-9-5-7/h4-6H,3H2,1-2H3. The van der Waals surface area contributed by atoms with E-state index in [0.717, 1.165) is 12.3 Å². The molecule has 0 radical (unpaired) electrons. The van der Waals surface area contributed by atoms with E-state index in [1.165, 1.54) is 17.1 Å². The lowest BCUT2D eigenvalue weighted by Gasteiger charge is -1.98. The van der Waals surface area contributed by atoms with Crippen LogP contribution in [0.1, 0.15) is 19.4 Å². The van der Waals surface area contributed by atoms with Crippen molar-refractivity contribution >= 4 is 11.5 Å². The molecular formula is C7H11NS. The van der Waals surface area contributed by atoms with E-state index in [2.05, 4.69) is 23.6 Å². The van der Waals surface area contributed by atoms with E-state index in [0.29, 0.717) is 0 Å². The van der Waals surface area contributed by atoms with Gasteiger partial charge in [0.15, 0.2) is 0 Å². The highest BCUT2D eigenvalue weighted by Gasteiger charge is 1.96. The third-order valence-corrected chi connectivity index (χ3v) is 1.76. The summed E-state index contributed by atoms with van der Waals surface area (Å²) in [5.74, 6) is 0.751. The lowest BCUT2D eigenvalue weighted by molar-refractivity contribution is 0.648. The molecule has 1 nitrogen and oxygen atoms in total. The van der Waals surface area contributed by atoms with Crippen molar-refractivity contribution < 1.29 is 0 Å². The van der Waals surface area contributed by atoms with Gasteiger partial charge in [0, 0.05) is 11.6 Å². The predicted octanol–water partition coefficient (Wildman–Crippen LogP) is 2.34. The van der Waals surface area contributed by atoms with Gasteiger partial charge in [-0.3, -0.25) is 0 Å². The van der Waals surface area contributed by atoms with Crippen molar-refractivity contribution in [3.8, 4) is 0 Å². The quantitative estimate of drug-likeness (QED) is 0.616. The van der Waals surface area contributed by atoms with Crippen molar-refractivity contribution in [2.24, 2.45) is 5.92 Å². The third kappa shape index (κ3) is 2.14. The van der Waals surface area contributed by atoms with Gasteiger partial charge in [0.25, 0.3) is 0 Å². The Kier molecular flexibility index (Phi) is 2.22. The highest BCUT2D eigenvalue weighted by atomic mass is 32.1. The van der Waals surface area contributed by atoms with Crippen LogP contribution in [0.15, 0.2) is 11.6 Å². The van der Waals surface area contributed by atoms with Crippen LogP contribution in [-0.2, 0) is 6.42 Å². The first-order valence-corrected chi connectivity index (χ1v) is 4.01. The van der Waals surface area contributed by atoms with Gasteiger partial charge in [-0.05, 0) is 29.4 Å². The molecule has 0 amide bonds. The zero-order chi connectivity index (χ0) is 6.69. The van der Waals surface area contributed by atoms with E-state index in [-0.39, 0.29) is 0 Å². The van der Waals surface area contributed by atoms with Gasteiger partial charge in [-0.1, -0.05) is 13.8 Å². The molecule has 0 aliphatic carbocycles. The van der Waals surface area contributed by atoms with E-state index in [9.17, 15) is 0 Å². The molecule has 0 saturated heterocycles. The summed E-state index contributed by atoms with van der Waals surface area (Å²) in [7, 11) is 0. The van der Waals surface area contributed by atoms with Crippen molar-refractivity contribution in [3.05, 3.63) is 17.1 Å². The molecule has 0 aromatic carbocycles. The fraction of sp³-hybridized carbons (Fsp3) is 0.571. The first-order chi connectivity index (χ1) is 4.29. The summed E-state index contributed by atoms with van der Waals surface area (Å²) < 4.78 is 4.02. The Labute approximate surface area is 59.9 Å². The number of rotatable bonds is 2. The molecule has 0 bridgehead atoms. The first-order valence-electron chi connectivity index (χ1n) is 3.17. The lowest BCUT2D eigenvalue weighted by atomic mass is 10.1. The van der Waals surface area contributed by atoms with Crippen LogP contribution in [0.5, 0.6) is 0 Å². The Bertz CT molecular complexity index is 155. The van der Waals surface area contributed by atoms with Gasteiger partial charge in [0.1, 0.15) is 0 Å². The molecule has 1 heterocycles. The van der Waals surface area contributed by atoms with Crippen molar-refractivity contribution in [2.75, 3.05) is 0 Å². The van der Waals surface area contributed by atoms with Crippen LogP contribution in [0.4, 0.5) is 0 Å². The maximum absolute atomic E-state index is 4.02. The molecular weight excluding hydrogens is 130 g/mol. The molecule has 0 spiro atoms. The number of nitrogens with zero attached hydrogens (tertiary/aromatic N) is 1. The molecule has 1 aromatic heterocycles. The zero-order valence-corrected chi connectivity index (χ0v) is 6.61. The van der Waals surface area contributed by atoms with Gasteiger partial charge in [0.2, 0.25) is 0 Å². The third-order valence-electron chi connectivity index (χ3n) is 1.13. The molecule has 0 N–H and O–H groups in total. The van der Waals surface area contributed by atoms with Crippen molar-refractivity contribution in [1.29, 1.82) is 0 Å². The second-order valence-corrected chi connectivity index (χ2v) is 3.29. The highest BCUT2D eigenvalue weighted by Crippen LogP contribution is 2.07. The summed E-state index contributed by atoms with van der Waals surface area (Å²) in [5.41, 5.74) is 1.37. The molecule has 9 heavy (non-hydrogen) atoms. The molecule has 0 aliphatic rings. The van der Waals surface area contributed by atoms with Crippen LogP contribution in [0.3, 0.4) is 0 Å². The van der Waals surface area contributed by atoms with Crippen LogP contribution in [0.25, 0.3) is 0 Å². The summed E-state index contributed by atoms with van der Waals surface area (Å²) in [4.78, 5) is 0. The van der Waals surface area contributed by atoms with E-state index < -0.39 is 0 Å². The number of hydrogen-bond acceptors (Lipinski definition) is 2. The van der Waals surface area contributed by atoms with Crippen LogP contribution >= 0.6 is 11.5 Å². The normalized spacial score (nSPS) is 10.6. The Morgan fingerprint density at radius 3 is 2.89 bits per heavy atom. The summed E-state index contributed by atoms with van der Waals surface area (Å²) in [6.45, 7) is 4.44. The average molecular weight is 141 g/mol. The predicted molar refractivity (Wildman–Crippen MR) is 40.7 cm³/mol. The second-order valence-electron chi connectivity index (χ2n) is 2.63. The van der Waals surface area contributed by atoms with Crippen molar-refractivity contribution in [2.45, 2.75) is 20.3 Å². The van der Waals surface area contributed by atoms with E-state index in [1.807, 2.05) is 6.20 Å². The van der Waals surface area contributed by atoms with Gasteiger partial charge in [-0.15, -0.1) is 0 Å². The molecule has 0 saturated carbocycles. The second kappa shape index (κ2) is 2.97. The van der Waals surface area contributed by atoms with Gasteiger partial charge >= 0.3 is 0 Å². The molecule has 2 heteroatoms. The Balaban J connectivity index is 2.48. The molecule has 0 fully saturated rings. The first kappa shape index (κ1) is 6.75. The van der Waals surface area contributed by atoms with E-state index >= 15 is 0 Å². The fourth-order valence-electron chi connectivity index (χ4n) is 0.799. The van der Waals surface area contributed by atoms with Crippen molar-refractivity contribution in [3.63, 3.8) is 0 Å². The lowest BCUT2D eigenvalue weighted by Crippen LogP contribution is -1.90. The molecule has 0 aliphatic heterocycles. The summed E-state index contributed by atoms with van der Waals surface area (Å²) in [6, 6.07) is 0. The Morgan fingerprint density at radius 2 is 2.44 bits per heavy atom. The fourth-order valence-corrected chi connectivity index (χ4v) is 1.35. The van der Waals surface area contributed by atoms with Gasteiger partial charge < -0.3 is 0 Å². The summed E-state index contributed by atoms with van der Waals surface area (Å²) in [5, 5.41) is 2.11. The van der Waals surface area contributed by atoms with Crippen molar-refractivity contribution in [1.82, 2.24) is 4.37 Å². The van der Waals surface area contributed by atoms with Gasteiger partial charge in [-0.25, -0.2) is 4.37 Å². The largest absolute Gasteiger partial charge is 0.201 e. The number of hydrogen-bond donors (Lipinski definition) is 0. The molecule has 1 aromatic rings. The van der Waals surface area contributed by atoms with Crippen LogP contribution in [-0.4, -0.2) is 4.37 Å². The van der Waals surface area contributed by atoms with Gasteiger partial charge in [-0.2, -0.15) is 0 Å². The molecule has 0 unspecified atom stereocenters. The maximum Gasteiger partial charge on any atom is 0.0439 e. The SMILES string of the molecule is CC(C)Cc1cnsc1.